The summed E-state index contributed by atoms with van der Waals surface area (Å²) in [5.74, 6) is -0.537. The summed E-state index contributed by atoms with van der Waals surface area (Å²) in [6.45, 7) is 5.56. The number of carbonyl (C=O) groups excluding carboxylic acids is 2. The zero-order valence-electron chi connectivity index (χ0n) is 27.2. The summed E-state index contributed by atoms with van der Waals surface area (Å²) in [7, 11) is 0. The number of carbonyl (C=O) groups is 2. The van der Waals surface area contributed by atoms with Crippen molar-refractivity contribution in [3.8, 4) is 11.5 Å². The third-order valence-electron chi connectivity index (χ3n) is 7.91. The average Bonchev–Trinajstić information content (AvgIpc) is 3.02. The molecular weight excluding hydrogens is 536 g/mol. The van der Waals surface area contributed by atoms with Gasteiger partial charge in [-0.1, -0.05) is 154 Å². The molecule has 2 rings (SSSR count). The van der Waals surface area contributed by atoms with Gasteiger partial charge in [0.25, 0.3) is 0 Å². The van der Waals surface area contributed by atoms with E-state index < -0.39 is 11.9 Å². The summed E-state index contributed by atoms with van der Waals surface area (Å²) in [6, 6.07) is 13.9. The molecule has 0 aliphatic carbocycles. The lowest BCUT2D eigenvalue weighted by Gasteiger charge is -2.12. The number of hydrogen-bond acceptors (Lipinski definition) is 5. The largest absolute Gasteiger partial charge is 0.493 e. The highest BCUT2D eigenvalue weighted by molar-refractivity contribution is 6.04. The van der Waals surface area contributed by atoms with Crippen molar-refractivity contribution in [2.45, 2.75) is 142 Å². The van der Waals surface area contributed by atoms with E-state index in [1.54, 1.807) is 36.4 Å². The second kappa shape index (κ2) is 24.6. The molecule has 0 bridgehead atoms. The number of para-hydroxylation sites is 2. The molecule has 0 aliphatic rings. The van der Waals surface area contributed by atoms with E-state index in [4.69, 9.17) is 14.2 Å². The Morgan fingerprint density at radius 1 is 0.442 bits per heavy atom. The lowest BCUT2D eigenvalue weighted by atomic mass is 10.1. The van der Waals surface area contributed by atoms with E-state index in [0.29, 0.717) is 24.7 Å². The van der Waals surface area contributed by atoms with Crippen molar-refractivity contribution in [1.29, 1.82) is 0 Å². The van der Waals surface area contributed by atoms with E-state index >= 15 is 0 Å². The van der Waals surface area contributed by atoms with E-state index in [1.807, 2.05) is 12.1 Å². The Labute approximate surface area is 262 Å². The summed E-state index contributed by atoms with van der Waals surface area (Å²) < 4.78 is 17.1. The van der Waals surface area contributed by atoms with Crippen LogP contribution in [0.3, 0.4) is 0 Å². The van der Waals surface area contributed by atoms with Crippen LogP contribution in [0.2, 0.25) is 0 Å². The van der Waals surface area contributed by atoms with Crippen LogP contribution in [-0.2, 0) is 4.74 Å². The molecule has 0 fully saturated rings. The maximum Gasteiger partial charge on any atom is 0.349 e. The van der Waals surface area contributed by atoms with Gasteiger partial charge in [0.15, 0.2) is 0 Å². The summed E-state index contributed by atoms with van der Waals surface area (Å²) in [6.07, 6.45) is 25.0. The standard InChI is InChI=1S/C38H58O5/c1-3-5-7-9-11-13-15-17-19-25-31-41-35-29-23-21-27-33(35)37(39)43-38(40)34-28-22-24-30-36(34)42-32-26-20-18-16-14-12-10-8-6-4-2/h21-24,27-30H,3-20,25-26,31-32H2,1-2H3. The predicted octanol–water partition coefficient (Wildman–Crippen LogP) is 11.3. The number of unbranched alkanes of at least 4 members (excludes halogenated alkanes) is 18. The number of ether oxygens (including phenoxy) is 3. The molecule has 240 valence electrons. The zero-order chi connectivity index (χ0) is 30.8. The number of rotatable bonds is 26. The SMILES string of the molecule is CCCCCCCCCCCCOc1ccccc1C(=O)OC(=O)c1ccccc1OCCCCCCCCCCCC. The second-order valence-electron chi connectivity index (χ2n) is 11.7. The Morgan fingerprint density at radius 3 is 1.09 bits per heavy atom. The number of hydrogen-bond donors (Lipinski definition) is 0. The van der Waals surface area contributed by atoms with Crippen LogP contribution in [0.1, 0.15) is 163 Å². The number of esters is 2. The van der Waals surface area contributed by atoms with Gasteiger partial charge in [0.1, 0.15) is 22.6 Å². The van der Waals surface area contributed by atoms with Gasteiger partial charge < -0.3 is 14.2 Å². The van der Waals surface area contributed by atoms with Gasteiger partial charge in [-0.3, -0.25) is 0 Å². The maximum absolute atomic E-state index is 13.0. The molecule has 5 nitrogen and oxygen atoms in total. The minimum absolute atomic E-state index is 0.256. The smallest absolute Gasteiger partial charge is 0.349 e. The van der Waals surface area contributed by atoms with Crippen LogP contribution in [0.25, 0.3) is 0 Å². The Bertz CT molecular complexity index is 922. The molecule has 0 amide bonds. The van der Waals surface area contributed by atoms with Gasteiger partial charge in [0.05, 0.1) is 13.2 Å². The molecular formula is C38H58O5. The molecule has 0 spiro atoms. The van der Waals surface area contributed by atoms with E-state index in [0.717, 1.165) is 25.7 Å². The van der Waals surface area contributed by atoms with Gasteiger partial charge in [-0.25, -0.2) is 9.59 Å². The molecule has 0 radical (unpaired) electrons. The first-order valence-corrected chi connectivity index (χ1v) is 17.4. The average molecular weight is 595 g/mol. The molecule has 2 aromatic rings. The number of benzene rings is 2. The highest BCUT2D eigenvalue weighted by Gasteiger charge is 2.21. The molecule has 0 aromatic heterocycles. The minimum Gasteiger partial charge on any atom is -0.493 e. The van der Waals surface area contributed by atoms with Crippen molar-refractivity contribution in [2.24, 2.45) is 0 Å². The Hall–Kier alpha value is -2.82. The van der Waals surface area contributed by atoms with Crippen LogP contribution < -0.4 is 9.47 Å². The molecule has 0 atom stereocenters. The molecule has 2 aromatic carbocycles. The Balaban J connectivity index is 1.70. The van der Waals surface area contributed by atoms with Crippen LogP contribution in [0.5, 0.6) is 11.5 Å². The van der Waals surface area contributed by atoms with E-state index in [9.17, 15) is 9.59 Å². The van der Waals surface area contributed by atoms with Gasteiger partial charge >= 0.3 is 11.9 Å². The first-order chi connectivity index (χ1) is 21.2. The van der Waals surface area contributed by atoms with E-state index in [-0.39, 0.29) is 11.1 Å². The minimum atomic E-state index is -0.715. The monoisotopic (exact) mass is 594 g/mol. The van der Waals surface area contributed by atoms with E-state index in [1.165, 1.54) is 103 Å². The highest BCUT2D eigenvalue weighted by Crippen LogP contribution is 2.23. The van der Waals surface area contributed by atoms with Crippen LogP contribution in [0, 0.1) is 0 Å². The quantitative estimate of drug-likeness (QED) is 0.0616. The molecule has 0 aliphatic heterocycles. The lowest BCUT2D eigenvalue weighted by molar-refractivity contribution is 0.0392. The summed E-state index contributed by atoms with van der Waals surface area (Å²) in [5, 5.41) is 0. The van der Waals surface area contributed by atoms with Gasteiger partial charge in [0, 0.05) is 0 Å². The van der Waals surface area contributed by atoms with Crippen molar-refractivity contribution in [2.75, 3.05) is 13.2 Å². The Morgan fingerprint density at radius 2 is 0.744 bits per heavy atom. The predicted molar refractivity (Wildman–Crippen MR) is 177 cm³/mol. The third-order valence-corrected chi connectivity index (χ3v) is 7.91. The van der Waals surface area contributed by atoms with Gasteiger partial charge in [-0.2, -0.15) is 0 Å². The fourth-order valence-corrected chi connectivity index (χ4v) is 5.26. The van der Waals surface area contributed by atoms with Crippen molar-refractivity contribution < 1.29 is 23.8 Å². The van der Waals surface area contributed by atoms with Crippen LogP contribution in [0.4, 0.5) is 0 Å². The van der Waals surface area contributed by atoms with Crippen LogP contribution >= 0.6 is 0 Å². The fourth-order valence-electron chi connectivity index (χ4n) is 5.26. The van der Waals surface area contributed by atoms with Gasteiger partial charge in [-0.05, 0) is 37.1 Å². The zero-order valence-corrected chi connectivity index (χ0v) is 27.2. The summed E-state index contributed by atoms with van der Waals surface area (Å²) in [4.78, 5) is 25.9. The topological polar surface area (TPSA) is 61.8 Å². The molecule has 0 unspecified atom stereocenters. The lowest BCUT2D eigenvalue weighted by Crippen LogP contribution is -2.15. The van der Waals surface area contributed by atoms with Gasteiger partial charge in [-0.15, -0.1) is 0 Å². The molecule has 5 heteroatoms. The van der Waals surface area contributed by atoms with Gasteiger partial charge in [0.2, 0.25) is 0 Å². The summed E-state index contributed by atoms with van der Waals surface area (Å²) in [5.41, 5.74) is 0.512. The maximum atomic E-state index is 13.0. The van der Waals surface area contributed by atoms with Crippen molar-refractivity contribution >= 4 is 11.9 Å². The van der Waals surface area contributed by atoms with Crippen molar-refractivity contribution in [1.82, 2.24) is 0 Å². The normalized spacial score (nSPS) is 10.9. The van der Waals surface area contributed by atoms with Crippen LogP contribution in [0.15, 0.2) is 48.5 Å². The molecule has 0 saturated heterocycles. The third kappa shape index (κ3) is 16.6. The molecule has 0 heterocycles. The molecule has 0 N–H and O–H groups in total. The fraction of sp³-hybridized carbons (Fsp3) is 0.632. The van der Waals surface area contributed by atoms with Crippen molar-refractivity contribution in [3.05, 3.63) is 59.7 Å². The van der Waals surface area contributed by atoms with Crippen molar-refractivity contribution in [3.63, 3.8) is 0 Å². The molecule has 0 saturated carbocycles. The Kier molecular flexibility index (Phi) is 20.8. The molecule has 43 heavy (non-hydrogen) atoms. The first-order valence-electron chi connectivity index (χ1n) is 17.4. The van der Waals surface area contributed by atoms with Crippen LogP contribution in [-0.4, -0.2) is 25.2 Å². The van der Waals surface area contributed by atoms with E-state index in [2.05, 4.69) is 13.8 Å². The first kappa shape index (κ1) is 36.4. The summed E-state index contributed by atoms with van der Waals surface area (Å²) >= 11 is 0. The highest BCUT2D eigenvalue weighted by atomic mass is 16.6. The second-order valence-corrected chi connectivity index (χ2v) is 11.7.